The van der Waals surface area contributed by atoms with Crippen LogP contribution in [0.25, 0.3) is 0 Å². The topological polar surface area (TPSA) is 32.3 Å². The Morgan fingerprint density at radius 2 is 2.00 bits per heavy atom. The molecule has 0 bridgehead atoms. The third-order valence-electron chi connectivity index (χ3n) is 3.50. The van der Waals surface area contributed by atoms with Gasteiger partial charge in [-0.1, -0.05) is 12.1 Å². The molecular weight excluding hydrogens is 224 g/mol. The number of anilines is 1. The molecule has 98 valence electrons. The van der Waals surface area contributed by atoms with Gasteiger partial charge in [-0.2, -0.15) is 0 Å². The quantitative estimate of drug-likeness (QED) is 0.825. The molecule has 0 saturated carbocycles. The van der Waals surface area contributed by atoms with Gasteiger partial charge in [-0.15, -0.1) is 0 Å². The number of rotatable bonds is 1. The number of carbonyl (C=O) groups is 1. The van der Waals surface area contributed by atoms with Crippen molar-refractivity contribution in [1.29, 1.82) is 0 Å². The van der Waals surface area contributed by atoms with Crippen LogP contribution in [-0.4, -0.2) is 24.0 Å². The molecule has 1 aliphatic heterocycles. The maximum absolute atomic E-state index is 12.5. The predicted octanol–water partition coefficient (Wildman–Crippen LogP) is 2.41. The van der Waals surface area contributed by atoms with E-state index < -0.39 is 5.54 Å². The molecule has 1 saturated heterocycles. The second-order valence-corrected chi connectivity index (χ2v) is 5.88. The van der Waals surface area contributed by atoms with E-state index in [1.165, 1.54) is 5.56 Å². The van der Waals surface area contributed by atoms with Crippen LogP contribution >= 0.6 is 0 Å². The van der Waals surface area contributed by atoms with Crippen molar-refractivity contribution in [3.8, 4) is 0 Å². The molecule has 2 rings (SSSR count). The van der Waals surface area contributed by atoms with Crippen LogP contribution < -0.4 is 10.2 Å². The molecular formula is C15H22N2O. The SMILES string of the molecule is Cc1ccc(C)c(N2CC(C)NC(C)(C)C2=O)c1. The average molecular weight is 246 g/mol. The number of aryl methyl sites for hydroxylation is 2. The zero-order chi connectivity index (χ0) is 13.5. The number of benzene rings is 1. The van der Waals surface area contributed by atoms with Crippen molar-refractivity contribution in [2.24, 2.45) is 0 Å². The fourth-order valence-electron chi connectivity index (χ4n) is 2.64. The molecule has 1 aliphatic rings. The summed E-state index contributed by atoms with van der Waals surface area (Å²) in [6.45, 7) is 10.9. The largest absolute Gasteiger partial charge is 0.309 e. The lowest BCUT2D eigenvalue weighted by molar-refractivity contribution is -0.125. The van der Waals surface area contributed by atoms with E-state index in [1.54, 1.807) is 0 Å². The van der Waals surface area contributed by atoms with Crippen molar-refractivity contribution in [3.63, 3.8) is 0 Å². The minimum Gasteiger partial charge on any atom is -0.309 e. The fraction of sp³-hybridized carbons (Fsp3) is 0.533. The van der Waals surface area contributed by atoms with Gasteiger partial charge in [0.05, 0.1) is 5.54 Å². The first-order valence-corrected chi connectivity index (χ1v) is 6.48. The van der Waals surface area contributed by atoms with E-state index in [2.05, 4.69) is 44.3 Å². The van der Waals surface area contributed by atoms with Gasteiger partial charge in [0.15, 0.2) is 0 Å². The summed E-state index contributed by atoms with van der Waals surface area (Å²) < 4.78 is 0. The maximum atomic E-state index is 12.5. The highest BCUT2D eigenvalue weighted by atomic mass is 16.2. The first kappa shape index (κ1) is 13.1. The summed E-state index contributed by atoms with van der Waals surface area (Å²) in [6.07, 6.45) is 0. The molecule has 3 heteroatoms. The summed E-state index contributed by atoms with van der Waals surface area (Å²) in [5.74, 6) is 0.148. The zero-order valence-corrected chi connectivity index (χ0v) is 11.9. The molecule has 1 fully saturated rings. The number of nitrogens with one attached hydrogen (secondary N) is 1. The fourth-order valence-corrected chi connectivity index (χ4v) is 2.64. The molecule has 1 amide bonds. The lowest BCUT2D eigenvalue weighted by Gasteiger charge is -2.42. The van der Waals surface area contributed by atoms with E-state index in [0.29, 0.717) is 6.04 Å². The zero-order valence-electron chi connectivity index (χ0n) is 11.9. The first-order chi connectivity index (χ1) is 8.31. The Bertz CT molecular complexity index is 479. The van der Waals surface area contributed by atoms with Crippen molar-refractivity contribution in [1.82, 2.24) is 5.32 Å². The number of hydrogen-bond donors (Lipinski definition) is 1. The molecule has 0 aliphatic carbocycles. The Hall–Kier alpha value is -1.35. The lowest BCUT2D eigenvalue weighted by atomic mass is 9.96. The van der Waals surface area contributed by atoms with Crippen LogP contribution in [0, 0.1) is 13.8 Å². The van der Waals surface area contributed by atoms with Crippen LogP contribution in [0.3, 0.4) is 0 Å². The Balaban J connectivity index is 2.42. The second kappa shape index (κ2) is 4.39. The highest BCUT2D eigenvalue weighted by Crippen LogP contribution is 2.27. The van der Waals surface area contributed by atoms with E-state index in [-0.39, 0.29) is 5.91 Å². The molecule has 0 spiro atoms. The molecule has 1 N–H and O–H groups in total. The van der Waals surface area contributed by atoms with Gasteiger partial charge in [0.1, 0.15) is 0 Å². The summed E-state index contributed by atoms with van der Waals surface area (Å²) in [5, 5.41) is 3.35. The molecule has 0 radical (unpaired) electrons. The van der Waals surface area contributed by atoms with Gasteiger partial charge in [-0.3, -0.25) is 10.1 Å². The van der Waals surface area contributed by atoms with Gasteiger partial charge in [0.2, 0.25) is 5.91 Å². The third kappa shape index (κ3) is 2.27. The molecule has 1 atom stereocenters. The predicted molar refractivity (Wildman–Crippen MR) is 74.9 cm³/mol. The van der Waals surface area contributed by atoms with Crippen molar-refractivity contribution in [2.45, 2.75) is 46.2 Å². The maximum Gasteiger partial charge on any atom is 0.246 e. The van der Waals surface area contributed by atoms with Crippen LogP contribution in [0.2, 0.25) is 0 Å². The minimum absolute atomic E-state index is 0.148. The Morgan fingerprint density at radius 1 is 1.33 bits per heavy atom. The van der Waals surface area contributed by atoms with E-state index in [0.717, 1.165) is 17.8 Å². The Morgan fingerprint density at radius 3 is 2.67 bits per heavy atom. The van der Waals surface area contributed by atoms with Gasteiger partial charge < -0.3 is 4.90 Å². The van der Waals surface area contributed by atoms with E-state index in [1.807, 2.05) is 18.7 Å². The molecule has 3 nitrogen and oxygen atoms in total. The third-order valence-corrected chi connectivity index (χ3v) is 3.50. The normalized spacial score (nSPS) is 23.3. The second-order valence-electron chi connectivity index (χ2n) is 5.88. The first-order valence-electron chi connectivity index (χ1n) is 6.48. The van der Waals surface area contributed by atoms with Crippen LogP contribution in [-0.2, 0) is 4.79 Å². The Labute approximate surface area is 109 Å². The monoisotopic (exact) mass is 246 g/mol. The van der Waals surface area contributed by atoms with Gasteiger partial charge in [-0.25, -0.2) is 0 Å². The molecule has 18 heavy (non-hydrogen) atoms. The highest BCUT2D eigenvalue weighted by molar-refractivity contribution is 6.01. The number of amides is 1. The highest BCUT2D eigenvalue weighted by Gasteiger charge is 2.39. The summed E-state index contributed by atoms with van der Waals surface area (Å²) >= 11 is 0. The van der Waals surface area contributed by atoms with Gasteiger partial charge in [0.25, 0.3) is 0 Å². The number of piperazine rings is 1. The molecule has 1 aromatic rings. The molecule has 1 heterocycles. The lowest BCUT2D eigenvalue weighted by Crippen LogP contribution is -2.65. The van der Waals surface area contributed by atoms with E-state index in [4.69, 9.17) is 0 Å². The van der Waals surface area contributed by atoms with E-state index in [9.17, 15) is 4.79 Å². The van der Waals surface area contributed by atoms with Crippen molar-refractivity contribution in [2.75, 3.05) is 11.4 Å². The van der Waals surface area contributed by atoms with E-state index >= 15 is 0 Å². The van der Waals surface area contributed by atoms with Gasteiger partial charge in [0, 0.05) is 18.3 Å². The molecule has 0 aromatic heterocycles. The molecule has 1 aromatic carbocycles. The van der Waals surface area contributed by atoms with Crippen LogP contribution in [0.15, 0.2) is 18.2 Å². The average Bonchev–Trinajstić information content (AvgIpc) is 2.26. The van der Waals surface area contributed by atoms with Gasteiger partial charge >= 0.3 is 0 Å². The van der Waals surface area contributed by atoms with Crippen LogP contribution in [0.1, 0.15) is 31.9 Å². The van der Waals surface area contributed by atoms with Crippen molar-refractivity contribution < 1.29 is 4.79 Å². The number of nitrogens with zero attached hydrogens (tertiary/aromatic N) is 1. The van der Waals surface area contributed by atoms with Crippen molar-refractivity contribution >= 4 is 11.6 Å². The molecule has 1 unspecified atom stereocenters. The summed E-state index contributed by atoms with van der Waals surface area (Å²) in [7, 11) is 0. The Kier molecular flexibility index (Phi) is 3.20. The van der Waals surface area contributed by atoms with Gasteiger partial charge in [-0.05, 0) is 51.8 Å². The van der Waals surface area contributed by atoms with Crippen LogP contribution in [0.5, 0.6) is 0 Å². The standard InChI is InChI=1S/C15H22N2O/c1-10-6-7-11(2)13(8-10)17-9-12(3)16-15(4,5)14(17)18/h6-8,12,16H,9H2,1-5H3. The summed E-state index contributed by atoms with van der Waals surface area (Å²) in [5.41, 5.74) is 2.89. The number of carbonyl (C=O) groups excluding carboxylic acids is 1. The smallest absolute Gasteiger partial charge is 0.246 e. The minimum atomic E-state index is -0.492. The van der Waals surface area contributed by atoms with Crippen LogP contribution in [0.4, 0.5) is 5.69 Å². The number of hydrogen-bond acceptors (Lipinski definition) is 2. The van der Waals surface area contributed by atoms with Crippen molar-refractivity contribution in [3.05, 3.63) is 29.3 Å². The summed E-state index contributed by atoms with van der Waals surface area (Å²) in [4.78, 5) is 14.4. The summed E-state index contributed by atoms with van der Waals surface area (Å²) in [6, 6.07) is 6.57.